The van der Waals surface area contributed by atoms with Crippen LogP contribution in [0.15, 0.2) is 24.4 Å². The van der Waals surface area contributed by atoms with Crippen LogP contribution >= 0.6 is 23.8 Å². The Labute approximate surface area is 135 Å². The zero-order valence-corrected chi connectivity index (χ0v) is 14.0. The molecule has 0 fully saturated rings. The molecule has 0 amide bonds. The number of rotatable bonds is 4. The molecule has 2 rings (SSSR count). The molecule has 0 bridgehead atoms. The van der Waals surface area contributed by atoms with Crippen molar-refractivity contribution in [1.82, 2.24) is 15.1 Å². The van der Waals surface area contributed by atoms with Gasteiger partial charge in [0.05, 0.1) is 11.6 Å². The van der Waals surface area contributed by atoms with Crippen LogP contribution < -0.4 is 10.6 Å². The highest BCUT2D eigenvalue weighted by Crippen LogP contribution is 2.16. The van der Waals surface area contributed by atoms with E-state index < -0.39 is 0 Å². The fourth-order valence-electron chi connectivity index (χ4n) is 2.00. The minimum absolute atomic E-state index is 0.503. The first-order valence-electron chi connectivity index (χ1n) is 6.83. The van der Waals surface area contributed by atoms with Gasteiger partial charge in [-0.3, -0.25) is 4.68 Å². The third-order valence-electron chi connectivity index (χ3n) is 3.16. The Bertz CT molecular complexity index is 651. The smallest absolute Gasteiger partial charge is 0.171 e. The van der Waals surface area contributed by atoms with E-state index in [2.05, 4.69) is 41.7 Å². The van der Waals surface area contributed by atoms with Crippen molar-refractivity contribution in [3.63, 3.8) is 0 Å². The summed E-state index contributed by atoms with van der Waals surface area (Å²) in [5.41, 5.74) is 4.19. The lowest BCUT2D eigenvalue weighted by Crippen LogP contribution is -2.28. The maximum Gasteiger partial charge on any atom is 0.171 e. The molecule has 21 heavy (non-hydrogen) atoms. The fraction of sp³-hybridized carbons (Fsp3) is 0.333. The Balaban J connectivity index is 1.94. The van der Waals surface area contributed by atoms with Gasteiger partial charge in [-0.05, 0) is 44.6 Å². The number of hydrogen-bond donors (Lipinski definition) is 2. The van der Waals surface area contributed by atoms with E-state index >= 15 is 0 Å². The highest BCUT2D eigenvalue weighted by molar-refractivity contribution is 7.80. The molecule has 6 heteroatoms. The summed E-state index contributed by atoms with van der Waals surface area (Å²) in [6.07, 6.45) is 1.82. The summed E-state index contributed by atoms with van der Waals surface area (Å²) in [5.74, 6) is 0. The van der Waals surface area contributed by atoms with Crippen molar-refractivity contribution < 1.29 is 0 Å². The summed E-state index contributed by atoms with van der Waals surface area (Å²) in [6, 6.07) is 6.19. The number of benzene rings is 1. The Kier molecular flexibility index (Phi) is 5.20. The summed E-state index contributed by atoms with van der Waals surface area (Å²) in [4.78, 5) is 0. The minimum atomic E-state index is 0.503. The van der Waals surface area contributed by atoms with Crippen molar-refractivity contribution >= 4 is 34.6 Å². The number of aryl methyl sites for hydroxylation is 3. The first-order chi connectivity index (χ1) is 9.99. The quantitative estimate of drug-likeness (QED) is 0.843. The van der Waals surface area contributed by atoms with Gasteiger partial charge in [0.15, 0.2) is 5.11 Å². The lowest BCUT2D eigenvalue weighted by atomic mass is 10.1. The normalized spacial score (nSPS) is 10.5. The highest BCUT2D eigenvalue weighted by atomic mass is 35.5. The molecule has 2 aromatic rings. The lowest BCUT2D eigenvalue weighted by molar-refractivity contribution is 0.643. The summed E-state index contributed by atoms with van der Waals surface area (Å²) < 4.78 is 1.81. The van der Waals surface area contributed by atoms with Gasteiger partial charge in [0.2, 0.25) is 0 Å². The van der Waals surface area contributed by atoms with E-state index in [1.165, 1.54) is 5.56 Å². The predicted octanol–water partition coefficient (Wildman–Crippen LogP) is 3.66. The van der Waals surface area contributed by atoms with Gasteiger partial charge in [-0.2, -0.15) is 5.10 Å². The molecule has 0 aliphatic heterocycles. The third kappa shape index (κ3) is 4.19. The summed E-state index contributed by atoms with van der Waals surface area (Å²) >= 11 is 11.4. The fourth-order valence-corrected chi connectivity index (χ4v) is 2.40. The Morgan fingerprint density at radius 3 is 2.76 bits per heavy atom. The number of thiocarbonyl (C=S) groups is 1. The average Bonchev–Trinajstić information content (AvgIpc) is 2.80. The highest BCUT2D eigenvalue weighted by Gasteiger charge is 2.07. The van der Waals surface area contributed by atoms with E-state index in [1.807, 2.05) is 19.2 Å². The van der Waals surface area contributed by atoms with Crippen molar-refractivity contribution in [2.75, 3.05) is 5.32 Å². The van der Waals surface area contributed by atoms with Gasteiger partial charge in [0.1, 0.15) is 5.69 Å². The van der Waals surface area contributed by atoms with Crippen LogP contribution in [0.5, 0.6) is 0 Å². The second kappa shape index (κ2) is 6.91. The molecule has 0 unspecified atom stereocenters. The molecular formula is C15H19ClN4S. The molecule has 112 valence electrons. The number of aromatic nitrogens is 2. The number of anilines is 1. The largest absolute Gasteiger partial charge is 0.357 e. The van der Waals surface area contributed by atoms with E-state index in [0.29, 0.717) is 16.7 Å². The zero-order valence-electron chi connectivity index (χ0n) is 12.4. The molecule has 0 saturated heterocycles. The molecule has 0 aliphatic rings. The van der Waals surface area contributed by atoms with Gasteiger partial charge >= 0.3 is 0 Å². The molecule has 1 aromatic heterocycles. The van der Waals surface area contributed by atoms with Crippen LogP contribution in [-0.4, -0.2) is 14.9 Å². The first kappa shape index (κ1) is 15.8. The van der Waals surface area contributed by atoms with E-state index in [1.54, 1.807) is 4.68 Å². The number of nitrogens with zero attached hydrogens (tertiary/aromatic N) is 2. The Morgan fingerprint density at radius 2 is 2.14 bits per heavy atom. The van der Waals surface area contributed by atoms with E-state index in [9.17, 15) is 0 Å². The Hall–Kier alpha value is -1.59. The minimum Gasteiger partial charge on any atom is -0.357 e. The van der Waals surface area contributed by atoms with Gasteiger partial charge < -0.3 is 10.6 Å². The van der Waals surface area contributed by atoms with Crippen LogP contribution in [0.2, 0.25) is 5.02 Å². The average molecular weight is 323 g/mol. The molecule has 0 aliphatic carbocycles. The van der Waals surface area contributed by atoms with Crippen LogP contribution in [0.25, 0.3) is 0 Å². The van der Waals surface area contributed by atoms with E-state index in [4.69, 9.17) is 23.8 Å². The van der Waals surface area contributed by atoms with E-state index in [-0.39, 0.29) is 0 Å². The van der Waals surface area contributed by atoms with Gasteiger partial charge in [-0.25, -0.2) is 0 Å². The monoisotopic (exact) mass is 322 g/mol. The first-order valence-corrected chi connectivity index (χ1v) is 7.62. The third-order valence-corrected chi connectivity index (χ3v) is 3.72. The zero-order chi connectivity index (χ0) is 15.4. The van der Waals surface area contributed by atoms with Gasteiger partial charge in [0, 0.05) is 18.4 Å². The Morgan fingerprint density at radius 1 is 1.38 bits per heavy atom. The van der Waals surface area contributed by atoms with Crippen molar-refractivity contribution in [1.29, 1.82) is 0 Å². The second-order valence-electron chi connectivity index (χ2n) is 4.91. The number of halogens is 1. The summed E-state index contributed by atoms with van der Waals surface area (Å²) in [5, 5.41) is 11.9. The number of nitrogens with one attached hydrogen (secondary N) is 2. The number of hydrogen-bond acceptors (Lipinski definition) is 2. The standard InChI is InChI=1S/C15H19ClN4S/c1-4-20-9-12(16)14(19-20)8-17-15(21)18-13-6-5-10(2)7-11(13)3/h5-7,9H,4,8H2,1-3H3,(H2,17,18,21). The molecule has 1 aromatic carbocycles. The lowest BCUT2D eigenvalue weighted by Gasteiger charge is -2.12. The van der Waals surface area contributed by atoms with Crippen LogP contribution in [0, 0.1) is 13.8 Å². The van der Waals surface area contributed by atoms with Crippen LogP contribution in [0.3, 0.4) is 0 Å². The van der Waals surface area contributed by atoms with Crippen LogP contribution in [0.4, 0.5) is 5.69 Å². The topological polar surface area (TPSA) is 41.9 Å². The predicted molar refractivity (Wildman–Crippen MR) is 91.9 cm³/mol. The molecule has 0 radical (unpaired) electrons. The molecule has 2 N–H and O–H groups in total. The molecule has 0 atom stereocenters. The molecule has 1 heterocycles. The molecule has 0 saturated carbocycles. The second-order valence-corrected chi connectivity index (χ2v) is 5.72. The van der Waals surface area contributed by atoms with Crippen molar-refractivity contribution in [3.8, 4) is 0 Å². The molecular weight excluding hydrogens is 304 g/mol. The summed E-state index contributed by atoms with van der Waals surface area (Å²) in [7, 11) is 0. The van der Waals surface area contributed by atoms with Crippen molar-refractivity contribution in [3.05, 3.63) is 46.2 Å². The van der Waals surface area contributed by atoms with Crippen molar-refractivity contribution in [2.24, 2.45) is 0 Å². The SMILES string of the molecule is CCn1cc(Cl)c(CNC(=S)Nc2ccc(C)cc2C)n1. The molecule has 0 spiro atoms. The maximum absolute atomic E-state index is 6.12. The van der Waals surface area contributed by atoms with Gasteiger partial charge in [-0.15, -0.1) is 0 Å². The van der Waals surface area contributed by atoms with Crippen molar-refractivity contribution in [2.45, 2.75) is 33.9 Å². The maximum atomic E-state index is 6.12. The van der Waals surface area contributed by atoms with E-state index in [0.717, 1.165) is 23.5 Å². The van der Waals surface area contributed by atoms with Gasteiger partial charge in [0.25, 0.3) is 0 Å². The molecule has 4 nitrogen and oxygen atoms in total. The van der Waals surface area contributed by atoms with Crippen LogP contribution in [-0.2, 0) is 13.1 Å². The van der Waals surface area contributed by atoms with Gasteiger partial charge in [-0.1, -0.05) is 29.3 Å². The summed E-state index contributed by atoms with van der Waals surface area (Å²) in [6.45, 7) is 7.44. The van der Waals surface area contributed by atoms with Crippen LogP contribution in [0.1, 0.15) is 23.7 Å².